The summed E-state index contributed by atoms with van der Waals surface area (Å²) < 4.78 is 4.85. The van der Waals surface area contributed by atoms with Crippen LogP contribution in [-0.4, -0.2) is 43.7 Å². The second-order valence-electron chi connectivity index (χ2n) is 5.56. The molecule has 0 spiro atoms. The van der Waals surface area contributed by atoms with E-state index in [1.165, 1.54) is 25.5 Å². The molecule has 4 nitrogen and oxygen atoms in total. The molecule has 2 unspecified atom stereocenters. The van der Waals surface area contributed by atoms with Crippen LogP contribution in [0.2, 0.25) is 0 Å². The van der Waals surface area contributed by atoms with E-state index in [0.717, 1.165) is 26.1 Å². The zero-order chi connectivity index (χ0) is 15.1. The number of nitrogens with zero attached hydrogens (tertiary/aromatic N) is 1. The Labute approximate surface area is 127 Å². The average Bonchev–Trinajstić information content (AvgIpc) is 3.06. The minimum Gasteiger partial charge on any atom is -0.468 e. The maximum absolute atomic E-state index is 11.7. The fraction of sp³-hybridized carbons (Fsp3) is 0.588. The zero-order valence-corrected chi connectivity index (χ0v) is 13.0. The Morgan fingerprint density at radius 1 is 1.29 bits per heavy atom. The predicted octanol–water partition coefficient (Wildman–Crippen LogP) is 2.36. The molecule has 0 radical (unpaired) electrons. The first kappa shape index (κ1) is 16.0. The van der Waals surface area contributed by atoms with E-state index < -0.39 is 0 Å². The highest BCUT2D eigenvalue weighted by Gasteiger charge is 2.25. The molecular weight excluding hydrogens is 264 g/mol. The van der Waals surface area contributed by atoms with Crippen LogP contribution in [0.15, 0.2) is 30.3 Å². The Morgan fingerprint density at radius 2 is 1.95 bits per heavy atom. The number of carbonyl (C=O) groups is 1. The molecule has 0 aromatic heterocycles. The van der Waals surface area contributed by atoms with E-state index in [1.54, 1.807) is 0 Å². The number of benzene rings is 1. The normalized spacial score (nSPS) is 18.4. The Kier molecular flexibility index (Phi) is 6.21. The van der Waals surface area contributed by atoms with Gasteiger partial charge in [0, 0.05) is 12.6 Å². The number of rotatable bonds is 7. The zero-order valence-electron chi connectivity index (χ0n) is 13.0. The maximum atomic E-state index is 11.7. The van der Waals surface area contributed by atoms with Crippen LogP contribution < -0.4 is 5.32 Å². The number of esters is 1. The largest absolute Gasteiger partial charge is 0.468 e. The van der Waals surface area contributed by atoms with E-state index in [-0.39, 0.29) is 12.0 Å². The van der Waals surface area contributed by atoms with Gasteiger partial charge in [-0.1, -0.05) is 37.3 Å². The molecule has 1 aliphatic rings. The Hall–Kier alpha value is -1.39. The fourth-order valence-corrected chi connectivity index (χ4v) is 2.98. The second kappa shape index (κ2) is 8.15. The molecule has 0 saturated carbocycles. The van der Waals surface area contributed by atoms with Crippen molar-refractivity contribution >= 4 is 5.97 Å². The van der Waals surface area contributed by atoms with Crippen molar-refractivity contribution in [2.24, 2.45) is 0 Å². The van der Waals surface area contributed by atoms with Crippen molar-refractivity contribution in [1.82, 2.24) is 10.2 Å². The van der Waals surface area contributed by atoms with Crippen molar-refractivity contribution < 1.29 is 9.53 Å². The summed E-state index contributed by atoms with van der Waals surface area (Å²) in [7, 11) is 1.45. The van der Waals surface area contributed by atoms with Gasteiger partial charge in [0.25, 0.3) is 0 Å². The third-order valence-electron chi connectivity index (χ3n) is 4.22. The van der Waals surface area contributed by atoms with E-state index in [2.05, 4.69) is 34.5 Å². The van der Waals surface area contributed by atoms with Crippen LogP contribution >= 0.6 is 0 Å². The summed E-state index contributed by atoms with van der Waals surface area (Å²) in [5.41, 5.74) is 1.31. The molecule has 1 heterocycles. The minimum absolute atomic E-state index is 0.175. The highest BCUT2D eigenvalue weighted by molar-refractivity contribution is 5.75. The Balaban J connectivity index is 2.04. The van der Waals surface area contributed by atoms with E-state index in [4.69, 9.17) is 4.74 Å². The number of likely N-dealkylation sites (tertiary alicyclic amines) is 1. The number of hydrogen-bond acceptors (Lipinski definition) is 4. The Bertz CT molecular complexity index is 430. The maximum Gasteiger partial charge on any atom is 0.322 e. The number of carbonyl (C=O) groups excluding carboxylic acids is 1. The lowest BCUT2D eigenvalue weighted by Crippen LogP contribution is -2.42. The molecule has 1 N–H and O–H groups in total. The monoisotopic (exact) mass is 290 g/mol. The standard InChI is InChI=1S/C17H26N2O2/c1-3-15(17(20)21-2)18-13-16(19-11-7-8-12-19)14-9-5-4-6-10-14/h4-6,9-10,15-16,18H,3,7-8,11-13H2,1-2H3. The molecule has 21 heavy (non-hydrogen) atoms. The smallest absolute Gasteiger partial charge is 0.322 e. The van der Waals surface area contributed by atoms with Gasteiger partial charge in [0.2, 0.25) is 0 Å². The van der Waals surface area contributed by atoms with Gasteiger partial charge in [0.1, 0.15) is 6.04 Å². The van der Waals surface area contributed by atoms with Gasteiger partial charge in [-0.15, -0.1) is 0 Å². The first-order chi connectivity index (χ1) is 10.3. The fourth-order valence-electron chi connectivity index (χ4n) is 2.98. The van der Waals surface area contributed by atoms with Gasteiger partial charge < -0.3 is 10.1 Å². The number of methoxy groups -OCH3 is 1. The third kappa shape index (κ3) is 4.29. The summed E-state index contributed by atoms with van der Waals surface area (Å²) in [6, 6.07) is 10.7. The van der Waals surface area contributed by atoms with Crippen molar-refractivity contribution in [3.63, 3.8) is 0 Å². The molecule has 1 aliphatic heterocycles. The topological polar surface area (TPSA) is 41.6 Å². The molecule has 4 heteroatoms. The van der Waals surface area contributed by atoms with Gasteiger partial charge in [-0.3, -0.25) is 9.69 Å². The summed E-state index contributed by atoms with van der Waals surface area (Å²) in [6.07, 6.45) is 3.27. The lowest BCUT2D eigenvalue weighted by molar-refractivity contribution is -0.143. The van der Waals surface area contributed by atoms with Gasteiger partial charge in [-0.05, 0) is 37.9 Å². The van der Waals surface area contributed by atoms with Crippen LogP contribution in [0.3, 0.4) is 0 Å². The first-order valence-corrected chi connectivity index (χ1v) is 7.86. The SMILES string of the molecule is CCC(NCC(c1ccccc1)N1CCCC1)C(=O)OC. The lowest BCUT2D eigenvalue weighted by atomic mass is 10.0. The number of hydrogen-bond donors (Lipinski definition) is 1. The van der Waals surface area contributed by atoms with E-state index in [1.807, 2.05) is 13.0 Å². The molecule has 1 aromatic rings. The predicted molar refractivity (Wildman–Crippen MR) is 84.1 cm³/mol. The van der Waals surface area contributed by atoms with Crippen molar-refractivity contribution in [2.45, 2.75) is 38.3 Å². The minimum atomic E-state index is -0.219. The Morgan fingerprint density at radius 3 is 2.52 bits per heavy atom. The number of ether oxygens (including phenoxy) is 1. The molecular formula is C17H26N2O2. The average molecular weight is 290 g/mol. The highest BCUT2D eigenvalue weighted by atomic mass is 16.5. The molecule has 1 aromatic carbocycles. The van der Waals surface area contributed by atoms with E-state index >= 15 is 0 Å². The molecule has 1 fully saturated rings. The first-order valence-electron chi connectivity index (χ1n) is 7.86. The summed E-state index contributed by atoms with van der Waals surface area (Å²) in [5, 5.41) is 3.38. The summed E-state index contributed by atoms with van der Waals surface area (Å²) in [6.45, 7) is 5.05. The van der Waals surface area contributed by atoms with Crippen molar-refractivity contribution in [3.8, 4) is 0 Å². The van der Waals surface area contributed by atoms with Gasteiger partial charge in [-0.25, -0.2) is 0 Å². The van der Waals surface area contributed by atoms with Crippen LogP contribution in [-0.2, 0) is 9.53 Å². The molecule has 2 rings (SSSR count). The van der Waals surface area contributed by atoms with Gasteiger partial charge >= 0.3 is 5.97 Å². The molecule has 0 aliphatic carbocycles. The second-order valence-corrected chi connectivity index (χ2v) is 5.56. The summed E-state index contributed by atoms with van der Waals surface area (Å²) in [5.74, 6) is -0.175. The molecule has 116 valence electrons. The van der Waals surface area contributed by atoms with Crippen molar-refractivity contribution in [1.29, 1.82) is 0 Å². The van der Waals surface area contributed by atoms with Crippen LogP contribution in [0, 0.1) is 0 Å². The van der Waals surface area contributed by atoms with Gasteiger partial charge in [0.15, 0.2) is 0 Å². The summed E-state index contributed by atoms with van der Waals surface area (Å²) in [4.78, 5) is 14.2. The number of nitrogens with one attached hydrogen (secondary N) is 1. The summed E-state index contributed by atoms with van der Waals surface area (Å²) >= 11 is 0. The third-order valence-corrected chi connectivity index (χ3v) is 4.22. The highest BCUT2D eigenvalue weighted by Crippen LogP contribution is 2.24. The van der Waals surface area contributed by atoms with Crippen molar-refractivity contribution in [2.75, 3.05) is 26.7 Å². The van der Waals surface area contributed by atoms with Crippen LogP contribution in [0.5, 0.6) is 0 Å². The molecule has 1 saturated heterocycles. The van der Waals surface area contributed by atoms with Crippen LogP contribution in [0.1, 0.15) is 37.8 Å². The van der Waals surface area contributed by atoms with E-state index in [9.17, 15) is 4.79 Å². The van der Waals surface area contributed by atoms with Gasteiger partial charge in [-0.2, -0.15) is 0 Å². The molecule has 0 bridgehead atoms. The van der Waals surface area contributed by atoms with Gasteiger partial charge in [0.05, 0.1) is 7.11 Å². The van der Waals surface area contributed by atoms with E-state index in [0.29, 0.717) is 6.04 Å². The lowest BCUT2D eigenvalue weighted by Gasteiger charge is -2.29. The van der Waals surface area contributed by atoms with Crippen molar-refractivity contribution in [3.05, 3.63) is 35.9 Å². The quantitative estimate of drug-likeness (QED) is 0.783. The molecule has 2 atom stereocenters. The molecule has 0 amide bonds. The van der Waals surface area contributed by atoms with Crippen LogP contribution in [0.25, 0.3) is 0 Å². The van der Waals surface area contributed by atoms with Crippen LogP contribution in [0.4, 0.5) is 0 Å².